The molecule has 5 nitrogen and oxygen atoms in total. The van der Waals surface area contributed by atoms with Crippen LogP contribution < -0.4 is 10.6 Å². The van der Waals surface area contributed by atoms with Crippen LogP contribution in [0.25, 0.3) is 0 Å². The maximum absolute atomic E-state index is 12.4. The van der Waals surface area contributed by atoms with E-state index in [1.807, 2.05) is 6.07 Å². The molecule has 1 aromatic rings. The zero-order chi connectivity index (χ0) is 17.7. The summed E-state index contributed by atoms with van der Waals surface area (Å²) in [6.07, 6.45) is 0. The minimum absolute atomic E-state index is 0.169. The quantitative estimate of drug-likeness (QED) is 0.837. The van der Waals surface area contributed by atoms with E-state index < -0.39 is 6.04 Å². The van der Waals surface area contributed by atoms with E-state index in [9.17, 15) is 9.59 Å². The van der Waals surface area contributed by atoms with Gasteiger partial charge in [-0.3, -0.25) is 9.59 Å². The number of likely N-dealkylation sites (N-methyl/N-ethyl adjacent to an activating group) is 1. The standard InChI is InChI=1S/C17H26ClN3O2/c1-10(2)11(3)19-13-7-8-15(18)14(9-13)16(22)20-12(4)17(23)21(5)6/h7-12,19H,1-6H3,(H,20,22)/t11-,12+/m1/s1. The lowest BCUT2D eigenvalue weighted by atomic mass is 10.1. The predicted molar refractivity (Wildman–Crippen MR) is 95.0 cm³/mol. The number of nitrogens with one attached hydrogen (secondary N) is 2. The van der Waals surface area contributed by atoms with Gasteiger partial charge in [0.25, 0.3) is 5.91 Å². The third-order valence-electron chi connectivity index (χ3n) is 3.76. The van der Waals surface area contributed by atoms with Crippen molar-refractivity contribution in [1.29, 1.82) is 0 Å². The number of hydrogen-bond acceptors (Lipinski definition) is 3. The Hall–Kier alpha value is -1.75. The van der Waals surface area contributed by atoms with E-state index in [1.54, 1.807) is 33.2 Å². The normalized spacial score (nSPS) is 13.4. The first-order chi connectivity index (χ1) is 10.6. The molecule has 6 heteroatoms. The molecule has 2 N–H and O–H groups in total. The highest BCUT2D eigenvalue weighted by molar-refractivity contribution is 6.34. The molecule has 1 rings (SSSR count). The molecule has 0 saturated carbocycles. The van der Waals surface area contributed by atoms with Gasteiger partial charge in [0.15, 0.2) is 0 Å². The molecule has 0 radical (unpaired) electrons. The number of carbonyl (C=O) groups is 2. The summed E-state index contributed by atoms with van der Waals surface area (Å²) in [4.78, 5) is 25.7. The second-order valence-electron chi connectivity index (χ2n) is 6.30. The fourth-order valence-electron chi connectivity index (χ4n) is 1.94. The van der Waals surface area contributed by atoms with Crippen molar-refractivity contribution >= 4 is 29.1 Å². The topological polar surface area (TPSA) is 61.4 Å². The van der Waals surface area contributed by atoms with Gasteiger partial charge < -0.3 is 15.5 Å². The Bertz CT molecular complexity index is 573. The fraction of sp³-hybridized carbons (Fsp3) is 0.529. The number of benzene rings is 1. The first-order valence-corrected chi connectivity index (χ1v) is 8.09. The van der Waals surface area contributed by atoms with Gasteiger partial charge in [-0.05, 0) is 38.0 Å². The van der Waals surface area contributed by atoms with Gasteiger partial charge in [-0.2, -0.15) is 0 Å². The lowest BCUT2D eigenvalue weighted by Gasteiger charge is -2.20. The van der Waals surface area contributed by atoms with Gasteiger partial charge in [0.1, 0.15) is 6.04 Å². The number of halogens is 1. The molecule has 0 bridgehead atoms. The third kappa shape index (κ3) is 5.43. The summed E-state index contributed by atoms with van der Waals surface area (Å²) in [5.41, 5.74) is 1.18. The summed E-state index contributed by atoms with van der Waals surface area (Å²) in [7, 11) is 3.30. The summed E-state index contributed by atoms with van der Waals surface area (Å²) in [6, 6.07) is 4.89. The fourth-order valence-corrected chi connectivity index (χ4v) is 2.15. The van der Waals surface area contributed by atoms with Crippen molar-refractivity contribution in [2.45, 2.75) is 39.8 Å². The third-order valence-corrected chi connectivity index (χ3v) is 4.09. The van der Waals surface area contributed by atoms with Crippen molar-refractivity contribution in [2.75, 3.05) is 19.4 Å². The van der Waals surface area contributed by atoms with Crippen LogP contribution in [-0.2, 0) is 4.79 Å². The Kier molecular flexibility index (Phi) is 6.88. The molecule has 1 aromatic carbocycles. The van der Waals surface area contributed by atoms with Gasteiger partial charge >= 0.3 is 0 Å². The van der Waals surface area contributed by atoms with E-state index in [0.29, 0.717) is 16.5 Å². The summed E-state index contributed by atoms with van der Waals surface area (Å²) >= 11 is 6.13. The first kappa shape index (κ1) is 19.3. The zero-order valence-electron chi connectivity index (χ0n) is 14.6. The summed E-state index contributed by atoms with van der Waals surface area (Å²) in [5.74, 6) is -0.0728. The Morgan fingerprint density at radius 1 is 1.13 bits per heavy atom. The van der Waals surface area contributed by atoms with Gasteiger partial charge in [0, 0.05) is 25.8 Å². The molecule has 2 amide bonds. The molecule has 0 saturated heterocycles. The summed E-state index contributed by atoms with van der Waals surface area (Å²) in [6.45, 7) is 7.97. The number of anilines is 1. The average molecular weight is 340 g/mol. The number of rotatable bonds is 6. The largest absolute Gasteiger partial charge is 0.382 e. The highest BCUT2D eigenvalue weighted by Gasteiger charge is 2.20. The van der Waals surface area contributed by atoms with Gasteiger partial charge in [-0.15, -0.1) is 0 Å². The van der Waals surface area contributed by atoms with Crippen LogP contribution in [0.5, 0.6) is 0 Å². The van der Waals surface area contributed by atoms with E-state index >= 15 is 0 Å². The van der Waals surface area contributed by atoms with E-state index in [4.69, 9.17) is 11.6 Å². The Labute approximate surface area is 143 Å². The van der Waals surface area contributed by atoms with Crippen molar-refractivity contribution < 1.29 is 9.59 Å². The molecule has 23 heavy (non-hydrogen) atoms. The minimum Gasteiger partial charge on any atom is -0.382 e. The molecule has 0 heterocycles. The molecule has 0 spiro atoms. The van der Waals surface area contributed by atoms with Gasteiger partial charge in [0.2, 0.25) is 5.91 Å². The van der Waals surface area contributed by atoms with Crippen LogP contribution >= 0.6 is 11.6 Å². The minimum atomic E-state index is -0.611. The van der Waals surface area contributed by atoms with Crippen molar-refractivity contribution in [3.63, 3.8) is 0 Å². The molecular weight excluding hydrogens is 314 g/mol. The van der Waals surface area contributed by atoms with Gasteiger partial charge in [-0.1, -0.05) is 25.4 Å². The Balaban J connectivity index is 2.90. The predicted octanol–water partition coefficient (Wildman–Crippen LogP) is 3.00. The Morgan fingerprint density at radius 3 is 2.26 bits per heavy atom. The first-order valence-electron chi connectivity index (χ1n) is 7.71. The summed E-state index contributed by atoms with van der Waals surface area (Å²) in [5, 5.41) is 6.38. The molecular formula is C17H26ClN3O2. The monoisotopic (exact) mass is 339 g/mol. The van der Waals surface area contributed by atoms with Crippen molar-refractivity contribution in [2.24, 2.45) is 5.92 Å². The van der Waals surface area contributed by atoms with E-state index in [0.717, 1.165) is 5.69 Å². The molecule has 0 fully saturated rings. The Morgan fingerprint density at radius 2 is 1.74 bits per heavy atom. The van der Waals surface area contributed by atoms with Gasteiger partial charge in [-0.25, -0.2) is 0 Å². The van der Waals surface area contributed by atoms with E-state index in [-0.39, 0.29) is 17.9 Å². The molecule has 128 valence electrons. The number of amides is 2. The zero-order valence-corrected chi connectivity index (χ0v) is 15.4. The summed E-state index contributed by atoms with van der Waals surface area (Å²) < 4.78 is 0. The molecule has 0 aliphatic heterocycles. The smallest absolute Gasteiger partial charge is 0.253 e. The van der Waals surface area contributed by atoms with Crippen LogP contribution in [0, 0.1) is 5.92 Å². The highest BCUT2D eigenvalue weighted by Crippen LogP contribution is 2.22. The van der Waals surface area contributed by atoms with Crippen LogP contribution in [0.15, 0.2) is 18.2 Å². The lowest BCUT2D eigenvalue weighted by Crippen LogP contribution is -2.44. The van der Waals surface area contributed by atoms with Crippen LogP contribution in [0.2, 0.25) is 5.02 Å². The van der Waals surface area contributed by atoms with Crippen LogP contribution in [0.1, 0.15) is 38.1 Å². The second-order valence-corrected chi connectivity index (χ2v) is 6.71. The molecule has 0 aliphatic carbocycles. The molecule has 0 unspecified atom stereocenters. The maximum Gasteiger partial charge on any atom is 0.253 e. The SMILES string of the molecule is CC(C)[C@@H](C)Nc1ccc(Cl)c(C(=O)N[C@@H](C)C(=O)N(C)C)c1. The lowest BCUT2D eigenvalue weighted by molar-refractivity contribution is -0.130. The van der Waals surface area contributed by atoms with Crippen LogP contribution in [-0.4, -0.2) is 42.9 Å². The van der Waals surface area contributed by atoms with Crippen molar-refractivity contribution in [1.82, 2.24) is 10.2 Å². The maximum atomic E-state index is 12.4. The van der Waals surface area contributed by atoms with Crippen molar-refractivity contribution in [3.05, 3.63) is 28.8 Å². The number of carbonyl (C=O) groups excluding carboxylic acids is 2. The van der Waals surface area contributed by atoms with Crippen molar-refractivity contribution in [3.8, 4) is 0 Å². The second kappa shape index (κ2) is 8.20. The molecule has 2 atom stereocenters. The molecule has 0 aliphatic rings. The van der Waals surface area contributed by atoms with E-state index in [1.165, 1.54) is 4.90 Å². The van der Waals surface area contributed by atoms with Gasteiger partial charge in [0.05, 0.1) is 10.6 Å². The average Bonchev–Trinajstić information content (AvgIpc) is 2.47. The number of nitrogens with zero attached hydrogens (tertiary/aromatic N) is 1. The van der Waals surface area contributed by atoms with E-state index in [2.05, 4.69) is 31.4 Å². The highest BCUT2D eigenvalue weighted by atomic mass is 35.5. The van der Waals surface area contributed by atoms with Crippen LogP contribution in [0.3, 0.4) is 0 Å². The number of hydrogen-bond donors (Lipinski definition) is 2. The molecule has 0 aromatic heterocycles. The van der Waals surface area contributed by atoms with Crippen LogP contribution in [0.4, 0.5) is 5.69 Å².